The van der Waals surface area contributed by atoms with Crippen LogP contribution in [0.3, 0.4) is 0 Å². The number of aromatic nitrogens is 1. The summed E-state index contributed by atoms with van der Waals surface area (Å²) in [4.78, 5) is 7.14. The minimum Gasteiger partial charge on any atom is -0.348 e. The molecule has 3 nitrogen and oxygen atoms in total. The molecule has 0 aliphatic rings. The normalized spacial score (nSPS) is 12.7. The largest absolute Gasteiger partial charge is 0.348 e. The Morgan fingerprint density at radius 1 is 1.29 bits per heavy atom. The van der Waals surface area contributed by atoms with Gasteiger partial charge in [0.05, 0.1) is 5.69 Å². The van der Waals surface area contributed by atoms with Crippen molar-refractivity contribution in [2.24, 2.45) is 0 Å². The van der Waals surface area contributed by atoms with Crippen molar-refractivity contribution < 1.29 is 0 Å². The molecule has 1 rings (SSSR count). The third kappa shape index (κ3) is 4.28. The van der Waals surface area contributed by atoms with Gasteiger partial charge in [0.2, 0.25) is 0 Å². The van der Waals surface area contributed by atoms with Crippen molar-refractivity contribution in [1.82, 2.24) is 10.3 Å². The van der Waals surface area contributed by atoms with Crippen LogP contribution in [0.5, 0.6) is 0 Å². The van der Waals surface area contributed by atoms with Crippen molar-refractivity contribution in [2.75, 3.05) is 24.5 Å². The van der Waals surface area contributed by atoms with E-state index in [4.69, 9.17) is 4.98 Å². The minimum absolute atomic E-state index is 0.357. The molecule has 1 aromatic heterocycles. The molecule has 0 amide bonds. The molecular weight excluding hydrogens is 230 g/mol. The van der Waals surface area contributed by atoms with Gasteiger partial charge in [0.1, 0.15) is 0 Å². The first-order valence-electron chi connectivity index (χ1n) is 6.66. The predicted octanol–water partition coefficient (Wildman–Crippen LogP) is 3.44. The maximum atomic E-state index is 4.75. The number of anilines is 1. The molecule has 0 aromatic carbocycles. The Balaban J connectivity index is 2.69. The van der Waals surface area contributed by atoms with Gasteiger partial charge in [-0.05, 0) is 26.3 Å². The van der Waals surface area contributed by atoms with Crippen molar-refractivity contribution in [2.45, 2.75) is 46.6 Å². The Kier molecular flexibility index (Phi) is 6.52. The predicted molar refractivity (Wildman–Crippen MR) is 77.0 cm³/mol. The van der Waals surface area contributed by atoms with Crippen molar-refractivity contribution in [3.8, 4) is 0 Å². The van der Waals surface area contributed by atoms with Crippen LogP contribution < -0.4 is 10.2 Å². The minimum atomic E-state index is 0.357. The van der Waals surface area contributed by atoms with E-state index in [0.29, 0.717) is 6.04 Å². The van der Waals surface area contributed by atoms with Crippen LogP contribution in [-0.2, 0) is 0 Å². The third-order valence-electron chi connectivity index (χ3n) is 2.72. The van der Waals surface area contributed by atoms with Crippen LogP contribution in [0.25, 0.3) is 0 Å². The molecular formula is C13H25N3S. The molecule has 4 heteroatoms. The van der Waals surface area contributed by atoms with Gasteiger partial charge in [-0.15, -0.1) is 11.3 Å². The van der Waals surface area contributed by atoms with E-state index < -0.39 is 0 Å². The zero-order chi connectivity index (χ0) is 12.7. The number of rotatable bonds is 8. The lowest BCUT2D eigenvalue weighted by Crippen LogP contribution is -2.25. The highest BCUT2D eigenvalue weighted by atomic mass is 32.1. The first kappa shape index (κ1) is 14.5. The van der Waals surface area contributed by atoms with Gasteiger partial charge in [-0.1, -0.05) is 20.8 Å². The summed E-state index contributed by atoms with van der Waals surface area (Å²) in [6, 6.07) is 0.357. The molecule has 1 heterocycles. The molecule has 17 heavy (non-hydrogen) atoms. The molecule has 0 radical (unpaired) electrons. The quantitative estimate of drug-likeness (QED) is 0.771. The molecule has 98 valence electrons. The van der Waals surface area contributed by atoms with Crippen LogP contribution in [0.15, 0.2) is 5.38 Å². The number of hydrogen-bond acceptors (Lipinski definition) is 4. The van der Waals surface area contributed by atoms with Crippen molar-refractivity contribution in [3.05, 3.63) is 11.1 Å². The summed E-state index contributed by atoms with van der Waals surface area (Å²) in [7, 11) is 0. The maximum absolute atomic E-state index is 4.75. The zero-order valence-corrected chi connectivity index (χ0v) is 12.3. The Morgan fingerprint density at radius 2 is 1.94 bits per heavy atom. The smallest absolute Gasteiger partial charge is 0.185 e. The van der Waals surface area contributed by atoms with Crippen molar-refractivity contribution in [3.63, 3.8) is 0 Å². The zero-order valence-electron chi connectivity index (χ0n) is 11.5. The van der Waals surface area contributed by atoms with Gasteiger partial charge in [0.15, 0.2) is 5.13 Å². The van der Waals surface area contributed by atoms with Gasteiger partial charge in [-0.25, -0.2) is 4.98 Å². The SMILES string of the molecule is CCCN(CCC)c1nc(C(C)NCC)cs1. The molecule has 0 aliphatic carbocycles. The average molecular weight is 255 g/mol. The highest BCUT2D eigenvalue weighted by molar-refractivity contribution is 7.13. The Labute approximate surface area is 109 Å². The third-order valence-corrected chi connectivity index (χ3v) is 3.64. The second kappa shape index (κ2) is 7.67. The first-order chi connectivity index (χ1) is 8.22. The lowest BCUT2D eigenvalue weighted by Gasteiger charge is -2.20. The Morgan fingerprint density at radius 3 is 2.47 bits per heavy atom. The van der Waals surface area contributed by atoms with E-state index in [-0.39, 0.29) is 0 Å². The molecule has 0 saturated heterocycles. The van der Waals surface area contributed by atoms with Gasteiger partial charge in [-0.2, -0.15) is 0 Å². The fourth-order valence-corrected chi connectivity index (χ4v) is 2.85. The number of nitrogens with zero attached hydrogens (tertiary/aromatic N) is 2. The fourth-order valence-electron chi connectivity index (χ4n) is 1.87. The van der Waals surface area contributed by atoms with Gasteiger partial charge in [0.25, 0.3) is 0 Å². The van der Waals surface area contributed by atoms with Gasteiger partial charge >= 0.3 is 0 Å². The first-order valence-corrected chi connectivity index (χ1v) is 7.54. The molecule has 0 fully saturated rings. The Hall–Kier alpha value is -0.610. The molecule has 1 aromatic rings. The maximum Gasteiger partial charge on any atom is 0.185 e. The van der Waals surface area contributed by atoms with Crippen LogP contribution in [-0.4, -0.2) is 24.6 Å². The second-order valence-electron chi connectivity index (χ2n) is 4.32. The van der Waals surface area contributed by atoms with Gasteiger partial charge in [-0.3, -0.25) is 0 Å². The summed E-state index contributed by atoms with van der Waals surface area (Å²) >= 11 is 1.77. The summed E-state index contributed by atoms with van der Waals surface area (Å²) in [6.07, 6.45) is 2.36. The monoisotopic (exact) mass is 255 g/mol. The van der Waals surface area contributed by atoms with Crippen LogP contribution in [0, 0.1) is 0 Å². The summed E-state index contributed by atoms with van der Waals surface area (Å²) in [5.74, 6) is 0. The highest BCUT2D eigenvalue weighted by Gasteiger charge is 2.12. The molecule has 0 aliphatic heterocycles. The van der Waals surface area contributed by atoms with Crippen LogP contribution in [0.2, 0.25) is 0 Å². The van der Waals surface area contributed by atoms with Crippen LogP contribution in [0.1, 0.15) is 52.3 Å². The standard InChI is InChI=1S/C13H25N3S/c1-5-8-16(9-6-2)13-15-12(10-17-13)11(4)14-7-3/h10-11,14H,5-9H2,1-4H3. The van der Waals surface area contributed by atoms with Crippen LogP contribution >= 0.6 is 11.3 Å². The Bertz CT molecular complexity index is 305. The van der Waals surface area contributed by atoms with E-state index in [1.165, 1.54) is 23.7 Å². The van der Waals surface area contributed by atoms with Crippen molar-refractivity contribution >= 4 is 16.5 Å². The highest BCUT2D eigenvalue weighted by Crippen LogP contribution is 2.24. The van der Waals surface area contributed by atoms with Gasteiger partial charge in [0, 0.05) is 24.5 Å². The number of hydrogen-bond donors (Lipinski definition) is 1. The van der Waals surface area contributed by atoms with E-state index in [1.54, 1.807) is 11.3 Å². The number of thiazole rings is 1. The van der Waals surface area contributed by atoms with Crippen molar-refractivity contribution in [1.29, 1.82) is 0 Å². The van der Waals surface area contributed by atoms with E-state index in [2.05, 4.69) is 43.3 Å². The number of nitrogens with one attached hydrogen (secondary N) is 1. The molecule has 1 N–H and O–H groups in total. The summed E-state index contributed by atoms with van der Waals surface area (Å²) in [5, 5.41) is 6.76. The molecule has 1 atom stereocenters. The summed E-state index contributed by atoms with van der Waals surface area (Å²) in [6.45, 7) is 11.9. The van der Waals surface area contributed by atoms with Crippen LogP contribution in [0.4, 0.5) is 5.13 Å². The molecule has 0 saturated carbocycles. The van der Waals surface area contributed by atoms with E-state index >= 15 is 0 Å². The summed E-state index contributed by atoms with van der Waals surface area (Å²) < 4.78 is 0. The lowest BCUT2D eigenvalue weighted by molar-refractivity contribution is 0.585. The molecule has 0 spiro atoms. The van der Waals surface area contributed by atoms with Gasteiger partial charge < -0.3 is 10.2 Å². The molecule has 1 unspecified atom stereocenters. The second-order valence-corrected chi connectivity index (χ2v) is 5.16. The molecule has 0 bridgehead atoms. The average Bonchev–Trinajstić information content (AvgIpc) is 2.78. The topological polar surface area (TPSA) is 28.2 Å². The van der Waals surface area contributed by atoms with E-state index in [9.17, 15) is 0 Å². The fraction of sp³-hybridized carbons (Fsp3) is 0.769. The van der Waals surface area contributed by atoms with E-state index in [0.717, 1.165) is 19.6 Å². The lowest BCUT2D eigenvalue weighted by atomic mass is 10.2. The van der Waals surface area contributed by atoms with E-state index in [1.807, 2.05) is 0 Å². The summed E-state index contributed by atoms with van der Waals surface area (Å²) in [5.41, 5.74) is 1.17.